The molecule has 2 rings (SSSR count). The summed E-state index contributed by atoms with van der Waals surface area (Å²) >= 11 is 0. The molecule has 0 heterocycles. The van der Waals surface area contributed by atoms with Crippen LogP contribution in [0.15, 0.2) is 0 Å². The highest BCUT2D eigenvalue weighted by Gasteiger charge is 2.60. The van der Waals surface area contributed by atoms with E-state index >= 15 is 0 Å². The van der Waals surface area contributed by atoms with Gasteiger partial charge in [-0.3, -0.25) is 0 Å². The standard InChI is InChI=1S/C11H21N2/c1-12(2)8-9-7-10(9)11(5-6-11)13(3)4/h9H,5-8H2,1-4H3. The summed E-state index contributed by atoms with van der Waals surface area (Å²) in [5, 5.41) is 0. The molecule has 0 aromatic carbocycles. The zero-order chi connectivity index (χ0) is 9.64. The number of hydrogen-bond acceptors (Lipinski definition) is 2. The van der Waals surface area contributed by atoms with Crippen LogP contribution in [0.2, 0.25) is 0 Å². The second-order valence-electron chi connectivity index (χ2n) is 5.11. The van der Waals surface area contributed by atoms with E-state index in [9.17, 15) is 0 Å². The van der Waals surface area contributed by atoms with Gasteiger partial charge in [-0.25, -0.2) is 0 Å². The lowest BCUT2D eigenvalue weighted by molar-refractivity contribution is 0.289. The Balaban J connectivity index is 1.85. The third-order valence-corrected chi connectivity index (χ3v) is 3.56. The van der Waals surface area contributed by atoms with E-state index in [1.807, 2.05) is 5.92 Å². The van der Waals surface area contributed by atoms with Crippen LogP contribution in [0.5, 0.6) is 0 Å². The van der Waals surface area contributed by atoms with Crippen LogP contribution in [0.4, 0.5) is 0 Å². The van der Waals surface area contributed by atoms with Crippen LogP contribution in [0.3, 0.4) is 0 Å². The largest absolute Gasteiger partial charge is 0.309 e. The van der Waals surface area contributed by atoms with E-state index in [0.29, 0.717) is 5.54 Å². The summed E-state index contributed by atoms with van der Waals surface area (Å²) in [6.07, 6.45) is 4.19. The minimum absolute atomic E-state index is 0.542. The average Bonchev–Trinajstić information content (AvgIpc) is 2.72. The van der Waals surface area contributed by atoms with Gasteiger partial charge >= 0.3 is 0 Å². The predicted octanol–water partition coefficient (Wildman–Crippen LogP) is 1.24. The Kier molecular flexibility index (Phi) is 2.16. The smallest absolute Gasteiger partial charge is 0.0270 e. The molecule has 75 valence electrons. The van der Waals surface area contributed by atoms with Crippen LogP contribution in [-0.4, -0.2) is 50.1 Å². The third-order valence-electron chi connectivity index (χ3n) is 3.56. The van der Waals surface area contributed by atoms with Gasteiger partial charge in [-0.15, -0.1) is 0 Å². The number of hydrogen-bond donors (Lipinski definition) is 0. The molecule has 0 spiro atoms. The summed E-state index contributed by atoms with van der Waals surface area (Å²) in [5.41, 5.74) is 0.542. The highest BCUT2D eigenvalue weighted by atomic mass is 15.2. The molecular weight excluding hydrogens is 160 g/mol. The maximum absolute atomic E-state index is 2.43. The zero-order valence-electron chi connectivity index (χ0n) is 9.30. The maximum atomic E-state index is 2.43. The first-order valence-corrected chi connectivity index (χ1v) is 5.24. The Morgan fingerprint density at radius 2 is 1.85 bits per heavy atom. The first-order valence-electron chi connectivity index (χ1n) is 5.24. The molecular formula is C11H21N2. The number of nitrogens with zero attached hydrogens (tertiary/aromatic N) is 2. The van der Waals surface area contributed by atoms with Crippen molar-refractivity contribution in [1.82, 2.24) is 9.80 Å². The molecule has 0 bridgehead atoms. The van der Waals surface area contributed by atoms with Gasteiger partial charge in [0.25, 0.3) is 0 Å². The second kappa shape index (κ2) is 2.96. The van der Waals surface area contributed by atoms with Crippen molar-refractivity contribution in [2.75, 3.05) is 34.7 Å². The van der Waals surface area contributed by atoms with Gasteiger partial charge in [0.1, 0.15) is 0 Å². The van der Waals surface area contributed by atoms with E-state index in [1.165, 1.54) is 25.8 Å². The molecule has 2 nitrogen and oxygen atoms in total. The topological polar surface area (TPSA) is 6.48 Å². The van der Waals surface area contributed by atoms with Crippen LogP contribution in [-0.2, 0) is 0 Å². The van der Waals surface area contributed by atoms with Gasteiger partial charge in [0.05, 0.1) is 0 Å². The van der Waals surface area contributed by atoms with Gasteiger partial charge in [0.2, 0.25) is 0 Å². The van der Waals surface area contributed by atoms with E-state index in [2.05, 4.69) is 38.0 Å². The fourth-order valence-electron chi connectivity index (χ4n) is 2.57. The molecule has 0 aliphatic heterocycles. The lowest BCUT2D eigenvalue weighted by Crippen LogP contribution is -2.32. The molecule has 1 unspecified atom stereocenters. The Hall–Kier alpha value is -0.0800. The molecule has 0 aromatic rings. The molecule has 0 amide bonds. The molecule has 0 N–H and O–H groups in total. The molecule has 2 saturated carbocycles. The fraction of sp³-hybridized carbons (Fsp3) is 0.909. The highest BCUT2D eigenvalue weighted by molar-refractivity contribution is 5.34. The number of rotatable bonds is 4. The monoisotopic (exact) mass is 181 g/mol. The minimum Gasteiger partial charge on any atom is -0.309 e. The summed E-state index contributed by atoms with van der Waals surface area (Å²) in [5.74, 6) is 2.73. The first kappa shape index (κ1) is 9.47. The molecule has 2 aliphatic rings. The van der Waals surface area contributed by atoms with Crippen LogP contribution in [0, 0.1) is 11.8 Å². The second-order valence-corrected chi connectivity index (χ2v) is 5.11. The Labute approximate surface area is 81.9 Å². The summed E-state index contributed by atoms with van der Waals surface area (Å²) in [6.45, 7) is 1.25. The van der Waals surface area contributed by atoms with Gasteiger partial charge in [-0.05, 0) is 53.4 Å². The van der Waals surface area contributed by atoms with Gasteiger partial charge < -0.3 is 9.80 Å². The summed E-state index contributed by atoms with van der Waals surface area (Å²) in [4.78, 5) is 4.74. The molecule has 1 radical (unpaired) electrons. The minimum atomic E-state index is 0.542. The first-order chi connectivity index (χ1) is 6.06. The van der Waals surface area contributed by atoms with Crippen molar-refractivity contribution in [2.45, 2.75) is 24.8 Å². The summed E-state index contributed by atoms with van der Waals surface area (Å²) in [7, 11) is 8.80. The van der Waals surface area contributed by atoms with E-state index in [0.717, 1.165) is 5.92 Å². The predicted molar refractivity (Wildman–Crippen MR) is 55.6 cm³/mol. The Bertz CT molecular complexity index is 194. The SMILES string of the molecule is CN(C)CC1C[C]1C1(N(C)C)CC1. The van der Waals surface area contributed by atoms with Crippen LogP contribution in [0.25, 0.3) is 0 Å². The Morgan fingerprint density at radius 3 is 2.23 bits per heavy atom. The van der Waals surface area contributed by atoms with Crippen LogP contribution in [0.1, 0.15) is 19.3 Å². The van der Waals surface area contributed by atoms with Crippen molar-refractivity contribution in [3.05, 3.63) is 5.92 Å². The molecule has 1 atom stereocenters. The summed E-state index contributed by atoms with van der Waals surface area (Å²) < 4.78 is 0. The highest BCUT2D eigenvalue weighted by Crippen LogP contribution is 2.61. The molecule has 0 saturated heterocycles. The van der Waals surface area contributed by atoms with Gasteiger partial charge in [0.15, 0.2) is 0 Å². The molecule has 2 heteroatoms. The quantitative estimate of drug-likeness (QED) is 0.644. The van der Waals surface area contributed by atoms with E-state index in [4.69, 9.17) is 0 Å². The molecule has 0 aromatic heterocycles. The van der Waals surface area contributed by atoms with Crippen molar-refractivity contribution in [1.29, 1.82) is 0 Å². The van der Waals surface area contributed by atoms with E-state index in [1.54, 1.807) is 0 Å². The van der Waals surface area contributed by atoms with Crippen molar-refractivity contribution in [2.24, 2.45) is 5.92 Å². The fourth-order valence-corrected chi connectivity index (χ4v) is 2.57. The van der Waals surface area contributed by atoms with E-state index in [-0.39, 0.29) is 0 Å². The zero-order valence-corrected chi connectivity index (χ0v) is 9.30. The van der Waals surface area contributed by atoms with Crippen LogP contribution < -0.4 is 0 Å². The maximum Gasteiger partial charge on any atom is 0.0270 e. The molecule has 2 fully saturated rings. The Morgan fingerprint density at radius 1 is 1.23 bits per heavy atom. The van der Waals surface area contributed by atoms with Gasteiger partial charge in [-0.1, -0.05) is 0 Å². The normalized spacial score (nSPS) is 31.4. The molecule has 13 heavy (non-hydrogen) atoms. The van der Waals surface area contributed by atoms with Crippen molar-refractivity contribution >= 4 is 0 Å². The third kappa shape index (κ3) is 1.62. The van der Waals surface area contributed by atoms with Crippen molar-refractivity contribution in [3.63, 3.8) is 0 Å². The van der Waals surface area contributed by atoms with Gasteiger partial charge in [0, 0.05) is 18.0 Å². The van der Waals surface area contributed by atoms with Gasteiger partial charge in [-0.2, -0.15) is 0 Å². The van der Waals surface area contributed by atoms with Crippen LogP contribution >= 0.6 is 0 Å². The van der Waals surface area contributed by atoms with Crippen molar-refractivity contribution < 1.29 is 0 Å². The summed E-state index contributed by atoms with van der Waals surface area (Å²) in [6, 6.07) is 0. The van der Waals surface area contributed by atoms with Crippen molar-refractivity contribution in [3.8, 4) is 0 Å². The molecule has 2 aliphatic carbocycles. The lowest BCUT2D eigenvalue weighted by atomic mass is 10.1. The average molecular weight is 181 g/mol. The van der Waals surface area contributed by atoms with E-state index < -0.39 is 0 Å². The lowest BCUT2D eigenvalue weighted by Gasteiger charge is -2.24.